The highest BCUT2D eigenvalue weighted by molar-refractivity contribution is 6.10. The second kappa shape index (κ2) is 5.21. The molecule has 0 fully saturated rings. The average Bonchev–Trinajstić information content (AvgIpc) is 2.97. The zero-order valence-electron chi connectivity index (χ0n) is 12.5. The van der Waals surface area contributed by atoms with E-state index in [2.05, 4.69) is 15.4 Å². The molecule has 0 saturated carbocycles. The number of nitrogens with zero attached hydrogens (tertiary/aromatic N) is 3. The lowest BCUT2D eigenvalue weighted by molar-refractivity contribution is 0.101. The Morgan fingerprint density at radius 3 is 2.65 bits per heavy atom. The highest BCUT2D eigenvalue weighted by atomic mass is 16.2. The van der Waals surface area contributed by atoms with Gasteiger partial charge in [0.25, 0.3) is 5.91 Å². The molecular weight excluding hydrogens is 288 g/mol. The minimum atomic E-state index is -0.185. The molecule has 0 atom stereocenters. The van der Waals surface area contributed by atoms with Crippen molar-refractivity contribution in [1.29, 1.82) is 0 Å². The maximum atomic E-state index is 12.7. The van der Waals surface area contributed by atoms with E-state index in [1.54, 1.807) is 17.1 Å². The number of carbonyl (C=O) groups is 1. The molecule has 0 aliphatic carbocycles. The summed E-state index contributed by atoms with van der Waals surface area (Å²) < 4.78 is 1.64. The molecule has 2 aromatic heterocycles. The molecule has 0 unspecified atom stereocenters. The number of pyridine rings is 1. The van der Waals surface area contributed by atoms with Crippen LogP contribution in [0.1, 0.15) is 16.1 Å². The summed E-state index contributed by atoms with van der Waals surface area (Å²) >= 11 is 0. The van der Waals surface area contributed by atoms with E-state index in [9.17, 15) is 4.79 Å². The quantitative estimate of drug-likeness (QED) is 0.618. The van der Waals surface area contributed by atoms with E-state index in [1.807, 2.05) is 55.5 Å². The van der Waals surface area contributed by atoms with Crippen LogP contribution >= 0.6 is 0 Å². The van der Waals surface area contributed by atoms with Gasteiger partial charge in [0.2, 0.25) is 0 Å². The van der Waals surface area contributed by atoms with Gasteiger partial charge in [0, 0.05) is 11.1 Å². The fourth-order valence-corrected chi connectivity index (χ4v) is 2.71. The van der Waals surface area contributed by atoms with Crippen molar-refractivity contribution in [2.45, 2.75) is 6.92 Å². The summed E-state index contributed by atoms with van der Waals surface area (Å²) in [5, 5.41) is 0.833. The summed E-state index contributed by atoms with van der Waals surface area (Å²) in [7, 11) is 0. The molecule has 5 nitrogen and oxygen atoms in total. The smallest absolute Gasteiger partial charge is 0.267 e. The summed E-state index contributed by atoms with van der Waals surface area (Å²) in [4.78, 5) is 21.5. The number of benzene rings is 2. The average molecular weight is 302 g/mol. The molecule has 1 amide bonds. The van der Waals surface area contributed by atoms with Crippen molar-refractivity contribution in [3.8, 4) is 0 Å². The molecule has 0 aliphatic rings. The lowest BCUT2D eigenvalue weighted by Crippen LogP contribution is -2.22. The van der Waals surface area contributed by atoms with Gasteiger partial charge in [-0.15, -0.1) is 0 Å². The van der Waals surface area contributed by atoms with Gasteiger partial charge in [0.1, 0.15) is 6.33 Å². The van der Waals surface area contributed by atoms with Crippen LogP contribution < -0.4 is 5.43 Å². The van der Waals surface area contributed by atoms with Crippen molar-refractivity contribution in [2.75, 3.05) is 5.43 Å². The normalized spacial score (nSPS) is 11.0. The predicted molar refractivity (Wildman–Crippen MR) is 89.9 cm³/mol. The Balaban J connectivity index is 1.78. The van der Waals surface area contributed by atoms with Crippen molar-refractivity contribution in [2.24, 2.45) is 0 Å². The predicted octanol–water partition coefficient (Wildman–Crippen LogP) is 3.28. The molecule has 1 N–H and O–H groups in total. The summed E-state index contributed by atoms with van der Waals surface area (Å²) in [6.45, 7) is 1.88. The number of rotatable bonds is 2. The largest absolute Gasteiger partial charge is 0.270 e. The number of aromatic nitrogens is 3. The minimum Gasteiger partial charge on any atom is -0.267 e. The van der Waals surface area contributed by atoms with E-state index >= 15 is 0 Å². The fourth-order valence-electron chi connectivity index (χ4n) is 2.71. The van der Waals surface area contributed by atoms with Gasteiger partial charge in [-0.3, -0.25) is 15.2 Å². The molecule has 112 valence electrons. The van der Waals surface area contributed by atoms with E-state index in [0.29, 0.717) is 5.56 Å². The molecule has 23 heavy (non-hydrogen) atoms. The Bertz CT molecular complexity index is 1040. The molecule has 0 radical (unpaired) electrons. The van der Waals surface area contributed by atoms with Crippen molar-refractivity contribution in [3.05, 3.63) is 72.2 Å². The Kier molecular flexibility index (Phi) is 3.05. The topological polar surface area (TPSA) is 59.8 Å². The Morgan fingerprint density at radius 1 is 1.04 bits per heavy atom. The van der Waals surface area contributed by atoms with Crippen molar-refractivity contribution < 1.29 is 4.79 Å². The van der Waals surface area contributed by atoms with Crippen LogP contribution in [-0.4, -0.2) is 20.6 Å². The number of hydrogen-bond acceptors (Lipinski definition) is 3. The van der Waals surface area contributed by atoms with Gasteiger partial charge in [0.15, 0.2) is 0 Å². The standard InChI is InChI=1S/C18H14N4O/c1-12-10-14(13-6-2-3-7-15(13)20-12)18(23)21-22-11-19-16-8-4-5-9-17(16)22/h2-11H,1H3,(H,21,23). The number of carbonyl (C=O) groups excluding carboxylic acids is 1. The number of hydrogen-bond donors (Lipinski definition) is 1. The molecule has 0 spiro atoms. The number of para-hydroxylation sites is 3. The molecule has 0 saturated heterocycles. The SMILES string of the molecule is Cc1cc(C(=O)Nn2cnc3ccccc32)c2ccccc2n1. The lowest BCUT2D eigenvalue weighted by atomic mass is 10.1. The van der Waals surface area contributed by atoms with Gasteiger partial charge in [-0.05, 0) is 31.2 Å². The van der Waals surface area contributed by atoms with Gasteiger partial charge in [0.05, 0.1) is 22.1 Å². The summed E-state index contributed by atoms with van der Waals surface area (Å²) in [6, 6.07) is 17.1. The Hall–Kier alpha value is -3.21. The van der Waals surface area contributed by atoms with Crippen LogP contribution in [0.5, 0.6) is 0 Å². The maximum absolute atomic E-state index is 12.7. The van der Waals surface area contributed by atoms with E-state index in [4.69, 9.17) is 0 Å². The van der Waals surface area contributed by atoms with Crippen LogP contribution in [0, 0.1) is 6.92 Å². The second-order valence-corrected chi connectivity index (χ2v) is 5.37. The summed E-state index contributed by atoms with van der Waals surface area (Å²) in [6.07, 6.45) is 1.61. The van der Waals surface area contributed by atoms with Crippen LogP contribution in [0.4, 0.5) is 0 Å². The van der Waals surface area contributed by atoms with Crippen LogP contribution in [-0.2, 0) is 0 Å². The summed E-state index contributed by atoms with van der Waals surface area (Å²) in [5.74, 6) is -0.185. The first-order valence-corrected chi connectivity index (χ1v) is 7.32. The number of nitrogens with one attached hydrogen (secondary N) is 1. The van der Waals surface area contributed by atoms with E-state index < -0.39 is 0 Å². The van der Waals surface area contributed by atoms with E-state index in [0.717, 1.165) is 27.6 Å². The van der Waals surface area contributed by atoms with E-state index in [1.165, 1.54) is 0 Å². The van der Waals surface area contributed by atoms with Crippen LogP contribution in [0.15, 0.2) is 60.9 Å². The first-order valence-electron chi connectivity index (χ1n) is 7.32. The molecular formula is C18H14N4O. The molecule has 0 aliphatic heterocycles. The van der Waals surface area contributed by atoms with Crippen LogP contribution in [0.25, 0.3) is 21.9 Å². The first-order chi connectivity index (χ1) is 11.2. The van der Waals surface area contributed by atoms with E-state index in [-0.39, 0.29) is 5.91 Å². The Labute approximate surface area is 132 Å². The number of amides is 1. The minimum absolute atomic E-state index is 0.185. The molecule has 2 heterocycles. The van der Waals surface area contributed by atoms with Gasteiger partial charge < -0.3 is 0 Å². The number of aryl methyl sites for hydroxylation is 1. The third kappa shape index (κ3) is 2.32. The van der Waals surface area contributed by atoms with Gasteiger partial charge in [-0.25, -0.2) is 9.66 Å². The second-order valence-electron chi connectivity index (χ2n) is 5.37. The Morgan fingerprint density at radius 2 is 1.78 bits per heavy atom. The molecule has 5 heteroatoms. The zero-order chi connectivity index (χ0) is 15.8. The van der Waals surface area contributed by atoms with Gasteiger partial charge >= 0.3 is 0 Å². The highest BCUT2D eigenvalue weighted by Gasteiger charge is 2.13. The highest BCUT2D eigenvalue weighted by Crippen LogP contribution is 2.19. The maximum Gasteiger partial charge on any atom is 0.270 e. The molecule has 4 rings (SSSR count). The van der Waals surface area contributed by atoms with Crippen LogP contribution in [0.3, 0.4) is 0 Å². The first kappa shape index (κ1) is 13.5. The molecule has 0 bridgehead atoms. The van der Waals surface area contributed by atoms with Gasteiger partial charge in [-0.1, -0.05) is 30.3 Å². The molecule has 2 aromatic carbocycles. The van der Waals surface area contributed by atoms with Crippen molar-refractivity contribution >= 4 is 27.8 Å². The third-order valence-electron chi connectivity index (χ3n) is 3.76. The van der Waals surface area contributed by atoms with Crippen molar-refractivity contribution in [3.63, 3.8) is 0 Å². The van der Waals surface area contributed by atoms with Gasteiger partial charge in [-0.2, -0.15) is 0 Å². The number of imidazole rings is 1. The van der Waals surface area contributed by atoms with Crippen LogP contribution in [0.2, 0.25) is 0 Å². The monoisotopic (exact) mass is 302 g/mol. The fraction of sp³-hybridized carbons (Fsp3) is 0.0556. The summed E-state index contributed by atoms with van der Waals surface area (Å²) in [5.41, 5.74) is 6.81. The van der Waals surface area contributed by atoms with Crippen molar-refractivity contribution in [1.82, 2.24) is 14.6 Å². The number of fused-ring (bicyclic) bond motifs is 2. The molecule has 4 aromatic rings. The third-order valence-corrected chi connectivity index (χ3v) is 3.76. The zero-order valence-corrected chi connectivity index (χ0v) is 12.5. The lowest BCUT2D eigenvalue weighted by Gasteiger charge is -2.10.